The molecule has 1 fully saturated rings. The normalized spacial score (nSPS) is 19.0. The number of carbonyl (C=O) groups excluding carboxylic acids is 3. The number of fused-ring (bicyclic) bond motifs is 5. The summed E-state index contributed by atoms with van der Waals surface area (Å²) in [6.45, 7) is 5.93. The van der Waals surface area contributed by atoms with Gasteiger partial charge in [-0.15, -0.1) is 0 Å². The van der Waals surface area contributed by atoms with Crippen molar-refractivity contribution in [3.8, 4) is 17.2 Å². The highest BCUT2D eigenvalue weighted by atomic mass is 16.5. The van der Waals surface area contributed by atoms with Crippen molar-refractivity contribution in [3.05, 3.63) is 89.0 Å². The molecule has 0 unspecified atom stereocenters. The summed E-state index contributed by atoms with van der Waals surface area (Å²) in [5.74, 6) is 0.915. The molecule has 3 aromatic rings. The molecule has 226 valence electrons. The number of ether oxygens (including phenoxy) is 4. The molecule has 3 amide bonds. The van der Waals surface area contributed by atoms with Crippen LogP contribution >= 0.6 is 0 Å². The molecule has 0 spiro atoms. The summed E-state index contributed by atoms with van der Waals surface area (Å²) in [6, 6.07) is 19.3. The summed E-state index contributed by atoms with van der Waals surface area (Å²) < 4.78 is 23.5. The maximum atomic E-state index is 13.5. The van der Waals surface area contributed by atoms with Crippen molar-refractivity contribution in [3.63, 3.8) is 0 Å². The largest absolute Gasteiger partial charge is 0.491 e. The van der Waals surface area contributed by atoms with Gasteiger partial charge in [0, 0.05) is 37.9 Å². The Bertz CT molecular complexity index is 1480. The van der Waals surface area contributed by atoms with Crippen LogP contribution in [0.15, 0.2) is 66.7 Å². The topological polar surface area (TPSA) is 107 Å². The maximum Gasteiger partial charge on any atom is 0.254 e. The fraction of sp³-hybridized carbons (Fsp3) is 0.364. The predicted molar refractivity (Wildman–Crippen MR) is 159 cm³/mol. The molecular weight excluding hydrogens is 550 g/mol. The van der Waals surface area contributed by atoms with E-state index in [0.717, 1.165) is 11.1 Å². The van der Waals surface area contributed by atoms with Gasteiger partial charge in [-0.2, -0.15) is 0 Å². The van der Waals surface area contributed by atoms with Crippen molar-refractivity contribution in [2.45, 2.75) is 32.6 Å². The number of aryl methyl sites for hydroxylation is 1. The van der Waals surface area contributed by atoms with Crippen LogP contribution < -0.4 is 14.8 Å². The third-order valence-electron chi connectivity index (χ3n) is 7.43. The lowest BCUT2D eigenvalue weighted by molar-refractivity contribution is -0.123. The minimum Gasteiger partial charge on any atom is -0.491 e. The molecule has 0 aromatic heterocycles. The molecule has 1 N–H and O–H groups in total. The second kappa shape index (κ2) is 13.7. The molecule has 2 heterocycles. The molecule has 43 heavy (non-hydrogen) atoms. The summed E-state index contributed by atoms with van der Waals surface area (Å²) in [7, 11) is 1.58. The summed E-state index contributed by atoms with van der Waals surface area (Å²) >= 11 is 0. The zero-order valence-electron chi connectivity index (χ0n) is 24.7. The Morgan fingerprint density at radius 3 is 2.70 bits per heavy atom. The Kier molecular flexibility index (Phi) is 9.58. The Labute approximate surface area is 251 Å². The van der Waals surface area contributed by atoms with Crippen LogP contribution in [-0.4, -0.2) is 86.2 Å². The Hall–Kier alpha value is -4.41. The molecule has 3 aromatic carbocycles. The first kappa shape index (κ1) is 30.1. The molecule has 0 radical (unpaired) electrons. The first-order chi connectivity index (χ1) is 20.8. The maximum absolute atomic E-state index is 13.5. The van der Waals surface area contributed by atoms with Crippen LogP contribution in [-0.2, 0) is 20.9 Å². The van der Waals surface area contributed by atoms with E-state index in [0.29, 0.717) is 48.2 Å². The minimum absolute atomic E-state index is 0.153. The van der Waals surface area contributed by atoms with Crippen LogP contribution in [0.1, 0.15) is 38.8 Å². The van der Waals surface area contributed by atoms with Crippen LogP contribution in [0.3, 0.4) is 0 Å². The van der Waals surface area contributed by atoms with Gasteiger partial charge in [-0.25, -0.2) is 0 Å². The van der Waals surface area contributed by atoms with E-state index in [9.17, 15) is 14.4 Å². The second-order valence-electron chi connectivity index (χ2n) is 10.7. The average molecular weight is 588 g/mol. The number of nitrogens with zero attached hydrogens (tertiary/aromatic N) is 2. The van der Waals surface area contributed by atoms with Crippen molar-refractivity contribution >= 4 is 17.7 Å². The fourth-order valence-electron chi connectivity index (χ4n) is 5.14. The van der Waals surface area contributed by atoms with Gasteiger partial charge in [0.15, 0.2) is 0 Å². The van der Waals surface area contributed by atoms with Gasteiger partial charge in [0.1, 0.15) is 23.9 Å². The Balaban J connectivity index is 1.35. The van der Waals surface area contributed by atoms with Crippen molar-refractivity contribution in [2.24, 2.45) is 0 Å². The van der Waals surface area contributed by atoms with Crippen molar-refractivity contribution in [2.75, 3.05) is 46.5 Å². The van der Waals surface area contributed by atoms with Gasteiger partial charge in [-0.1, -0.05) is 24.3 Å². The number of amides is 3. The van der Waals surface area contributed by atoms with Crippen LogP contribution in [0.5, 0.6) is 17.2 Å². The summed E-state index contributed by atoms with van der Waals surface area (Å²) in [5.41, 5.74) is 2.65. The van der Waals surface area contributed by atoms with E-state index in [1.165, 1.54) is 4.90 Å². The van der Waals surface area contributed by atoms with E-state index < -0.39 is 12.1 Å². The van der Waals surface area contributed by atoms with Gasteiger partial charge in [-0.05, 0) is 67.4 Å². The van der Waals surface area contributed by atoms with E-state index in [1.54, 1.807) is 48.3 Å². The fourth-order valence-corrected chi connectivity index (χ4v) is 5.14. The number of likely N-dealkylation sites (N-methyl/N-ethyl adjacent to an activating group) is 1. The third kappa shape index (κ3) is 7.52. The highest BCUT2D eigenvalue weighted by molar-refractivity contribution is 5.97. The molecule has 4 bridgehead atoms. The Morgan fingerprint density at radius 1 is 1.02 bits per heavy atom. The van der Waals surface area contributed by atoms with Crippen LogP contribution in [0.2, 0.25) is 0 Å². The zero-order chi connectivity index (χ0) is 30.3. The van der Waals surface area contributed by atoms with E-state index in [2.05, 4.69) is 5.32 Å². The standard InChI is InChI=1S/C33H37N3O7/c1-4-40-13-14-41-26-9-6-8-24(16-26)33(39)36-18-28-30(19-36)42-21-23-7-5-10-27(15-23)43-29-17-25(12-11-22(29)2)32(38)35(3)20-31(37)34-28/h5-12,15-17,28,30H,4,13-14,18-21H2,1-3H3,(H,34,37)/t28-,30-/m0/s1. The van der Waals surface area contributed by atoms with Crippen molar-refractivity contribution in [1.29, 1.82) is 0 Å². The van der Waals surface area contributed by atoms with E-state index >= 15 is 0 Å². The SMILES string of the molecule is CCOCCOc1cccc(C(=O)N2C[C@@H]3NC(=O)CN(C)C(=O)c4ccc(C)c(c4)Oc4cccc(c4)CO[C@H]3C2)c1. The van der Waals surface area contributed by atoms with Crippen molar-refractivity contribution < 1.29 is 33.3 Å². The average Bonchev–Trinajstić information content (AvgIpc) is 3.40. The summed E-state index contributed by atoms with van der Waals surface area (Å²) in [5, 5.41) is 3.01. The second-order valence-corrected chi connectivity index (χ2v) is 10.7. The summed E-state index contributed by atoms with van der Waals surface area (Å²) in [4.78, 5) is 42.9. The molecule has 0 aliphatic carbocycles. The molecule has 10 heteroatoms. The van der Waals surface area contributed by atoms with Gasteiger partial charge in [0.05, 0.1) is 31.9 Å². The van der Waals surface area contributed by atoms with Gasteiger partial charge in [0.25, 0.3) is 11.8 Å². The predicted octanol–water partition coefficient (Wildman–Crippen LogP) is 3.81. The first-order valence-corrected chi connectivity index (χ1v) is 14.4. The van der Waals surface area contributed by atoms with Gasteiger partial charge >= 0.3 is 0 Å². The third-order valence-corrected chi connectivity index (χ3v) is 7.43. The monoisotopic (exact) mass is 587 g/mol. The van der Waals surface area contributed by atoms with Gasteiger partial charge in [0.2, 0.25) is 5.91 Å². The molecule has 10 nitrogen and oxygen atoms in total. The van der Waals surface area contributed by atoms with Crippen LogP contribution in [0.25, 0.3) is 0 Å². The molecule has 2 aliphatic heterocycles. The molecular formula is C33H37N3O7. The molecule has 0 saturated carbocycles. The molecule has 5 rings (SSSR count). The molecule has 1 saturated heterocycles. The number of rotatable bonds is 6. The number of hydrogen-bond acceptors (Lipinski definition) is 7. The lowest BCUT2D eigenvalue weighted by Crippen LogP contribution is -2.48. The number of hydrogen-bond donors (Lipinski definition) is 1. The highest BCUT2D eigenvalue weighted by Gasteiger charge is 2.37. The lowest BCUT2D eigenvalue weighted by atomic mass is 10.1. The van der Waals surface area contributed by atoms with Crippen molar-refractivity contribution in [1.82, 2.24) is 15.1 Å². The zero-order valence-corrected chi connectivity index (χ0v) is 24.7. The van der Waals surface area contributed by atoms with Gasteiger partial charge in [-0.3, -0.25) is 14.4 Å². The van der Waals surface area contributed by atoms with E-state index in [1.807, 2.05) is 44.2 Å². The summed E-state index contributed by atoms with van der Waals surface area (Å²) in [6.07, 6.45) is -0.466. The van der Waals surface area contributed by atoms with E-state index in [4.69, 9.17) is 18.9 Å². The van der Waals surface area contributed by atoms with Gasteiger partial charge < -0.3 is 34.1 Å². The lowest BCUT2D eigenvalue weighted by Gasteiger charge is -2.23. The number of likely N-dealkylation sites (tertiary alicyclic amines) is 1. The van der Waals surface area contributed by atoms with Crippen LogP contribution in [0, 0.1) is 6.92 Å². The highest BCUT2D eigenvalue weighted by Crippen LogP contribution is 2.28. The first-order valence-electron chi connectivity index (χ1n) is 14.4. The Morgan fingerprint density at radius 2 is 1.86 bits per heavy atom. The number of nitrogens with one attached hydrogen (secondary N) is 1. The number of carbonyl (C=O) groups is 3. The molecule has 2 atom stereocenters. The van der Waals surface area contributed by atoms with Crippen LogP contribution in [0.4, 0.5) is 0 Å². The quantitative estimate of drug-likeness (QED) is 0.437. The smallest absolute Gasteiger partial charge is 0.254 e. The minimum atomic E-state index is -0.469. The number of benzene rings is 3. The van der Waals surface area contributed by atoms with E-state index in [-0.39, 0.29) is 44.0 Å². The molecule has 2 aliphatic rings.